The molecule has 0 saturated carbocycles. The van der Waals surface area contributed by atoms with E-state index in [0.29, 0.717) is 24.1 Å². The fourth-order valence-corrected chi connectivity index (χ4v) is 3.88. The molecule has 1 aromatic rings. The number of hydrogen-bond acceptors (Lipinski definition) is 4. The molecule has 3 rings (SSSR count). The van der Waals surface area contributed by atoms with Crippen LogP contribution in [0.1, 0.15) is 24.8 Å². The van der Waals surface area contributed by atoms with E-state index < -0.39 is 10.0 Å². The van der Waals surface area contributed by atoms with Crippen LogP contribution in [0.25, 0.3) is 0 Å². The van der Waals surface area contributed by atoms with Crippen LogP contribution in [-0.4, -0.2) is 34.2 Å². The molecule has 1 aromatic carbocycles. The highest BCUT2D eigenvalue weighted by atomic mass is 32.2. The normalized spacial score (nSPS) is 21.7. The minimum atomic E-state index is -3.41. The highest BCUT2D eigenvalue weighted by Gasteiger charge is 2.20. The van der Waals surface area contributed by atoms with Crippen molar-refractivity contribution in [2.24, 2.45) is 0 Å². The van der Waals surface area contributed by atoms with Crippen molar-refractivity contribution in [3.8, 4) is 5.75 Å². The maximum absolute atomic E-state index is 12.2. The summed E-state index contributed by atoms with van der Waals surface area (Å²) in [4.78, 5) is 0.334. The van der Waals surface area contributed by atoms with Crippen molar-refractivity contribution in [3.63, 3.8) is 0 Å². The largest absolute Gasteiger partial charge is 0.493 e. The van der Waals surface area contributed by atoms with Gasteiger partial charge >= 0.3 is 0 Å². The van der Waals surface area contributed by atoms with Gasteiger partial charge in [0.25, 0.3) is 0 Å². The summed E-state index contributed by atoms with van der Waals surface area (Å²) in [6.07, 6.45) is 3.94. The lowest BCUT2D eigenvalue weighted by atomic mass is 10.2. The van der Waals surface area contributed by atoms with Gasteiger partial charge in [-0.2, -0.15) is 0 Å². The van der Waals surface area contributed by atoms with Crippen molar-refractivity contribution in [2.75, 3.05) is 19.7 Å². The third-order valence-electron chi connectivity index (χ3n) is 3.92. The molecule has 2 N–H and O–H groups in total. The molecule has 2 aliphatic rings. The van der Waals surface area contributed by atoms with Gasteiger partial charge in [0.2, 0.25) is 10.0 Å². The first kappa shape index (κ1) is 13.9. The predicted molar refractivity (Wildman–Crippen MR) is 76.5 cm³/mol. The van der Waals surface area contributed by atoms with Crippen molar-refractivity contribution >= 4 is 10.0 Å². The van der Waals surface area contributed by atoms with Crippen molar-refractivity contribution < 1.29 is 13.2 Å². The molecule has 0 radical (unpaired) electrons. The maximum atomic E-state index is 12.2. The molecule has 20 heavy (non-hydrogen) atoms. The van der Waals surface area contributed by atoms with Gasteiger partial charge in [0.1, 0.15) is 5.75 Å². The first-order valence-corrected chi connectivity index (χ1v) is 8.62. The minimum Gasteiger partial charge on any atom is -0.493 e. The summed E-state index contributed by atoms with van der Waals surface area (Å²) >= 11 is 0. The molecule has 1 saturated heterocycles. The van der Waals surface area contributed by atoms with Crippen LogP contribution >= 0.6 is 0 Å². The molecule has 0 unspecified atom stereocenters. The third-order valence-corrected chi connectivity index (χ3v) is 5.38. The molecular weight excluding hydrogens is 276 g/mol. The third kappa shape index (κ3) is 2.97. The Labute approximate surface area is 119 Å². The summed E-state index contributed by atoms with van der Waals surface area (Å²) in [5.74, 6) is 0.805. The van der Waals surface area contributed by atoms with Crippen molar-refractivity contribution in [2.45, 2.75) is 36.6 Å². The van der Waals surface area contributed by atoms with Gasteiger partial charge in [-0.05, 0) is 49.6 Å². The van der Waals surface area contributed by atoms with Crippen LogP contribution in [0.2, 0.25) is 0 Å². The average Bonchev–Trinajstić information content (AvgIpc) is 3.08. The zero-order chi connectivity index (χ0) is 14.0. The van der Waals surface area contributed by atoms with Gasteiger partial charge in [-0.15, -0.1) is 0 Å². The van der Waals surface area contributed by atoms with Gasteiger partial charge in [-0.1, -0.05) is 0 Å². The molecule has 0 aromatic heterocycles. The highest BCUT2D eigenvalue weighted by Crippen LogP contribution is 2.27. The number of nitrogens with one attached hydrogen (secondary N) is 2. The van der Waals surface area contributed by atoms with Crippen LogP contribution in [-0.2, 0) is 16.4 Å². The predicted octanol–water partition coefficient (Wildman–Crippen LogP) is 1.04. The summed E-state index contributed by atoms with van der Waals surface area (Å²) in [7, 11) is -3.41. The lowest BCUT2D eigenvalue weighted by Crippen LogP contribution is -2.30. The first-order valence-electron chi connectivity index (χ1n) is 7.14. The Bertz CT molecular complexity index is 580. The number of sulfonamides is 1. The molecule has 1 fully saturated rings. The Hall–Kier alpha value is -1.11. The Morgan fingerprint density at radius 3 is 3.10 bits per heavy atom. The standard InChI is InChI=1S/C14H20N2O3S/c17-20(18,16-8-5-12-2-1-7-15-12)13-3-4-14-11(10-13)6-9-19-14/h3-4,10,12,15-16H,1-2,5-9H2/t12-/m0/s1. The fraction of sp³-hybridized carbons (Fsp3) is 0.571. The monoisotopic (exact) mass is 296 g/mol. The van der Waals surface area contributed by atoms with Crippen LogP contribution in [0.4, 0.5) is 0 Å². The average molecular weight is 296 g/mol. The molecule has 110 valence electrons. The molecule has 2 heterocycles. The van der Waals surface area contributed by atoms with Gasteiger partial charge in [-0.3, -0.25) is 0 Å². The van der Waals surface area contributed by atoms with E-state index in [1.807, 2.05) is 0 Å². The van der Waals surface area contributed by atoms with E-state index in [1.165, 1.54) is 6.42 Å². The van der Waals surface area contributed by atoms with E-state index in [0.717, 1.165) is 37.1 Å². The number of benzene rings is 1. The van der Waals surface area contributed by atoms with Gasteiger partial charge < -0.3 is 10.1 Å². The first-order chi connectivity index (χ1) is 9.65. The summed E-state index contributed by atoms with van der Waals surface area (Å²) in [5.41, 5.74) is 0.977. The quantitative estimate of drug-likeness (QED) is 0.852. The van der Waals surface area contributed by atoms with Gasteiger partial charge in [0, 0.05) is 19.0 Å². The molecule has 0 amide bonds. The van der Waals surface area contributed by atoms with Crippen LogP contribution in [0.15, 0.2) is 23.1 Å². The van der Waals surface area contributed by atoms with Crippen molar-refractivity contribution in [1.29, 1.82) is 0 Å². The summed E-state index contributed by atoms with van der Waals surface area (Å²) in [5, 5.41) is 3.37. The lowest BCUT2D eigenvalue weighted by molar-refractivity contribution is 0.356. The van der Waals surface area contributed by atoms with Crippen LogP contribution in [0, 0.1) is 0 Å². The van der Waals surface area contributed by atoms with Crippen LogP contribution in [0.3, 0.4) is 0 Å². The van der Waals surface area contributed by atoms with E-state index in [1.54, 1.807) is 18.2 Å². The Balaban J connectivity index is 1.62. The van der Waals surface area contributed by atoms with E-state index in [2.05, 4.69) is 10.0 Å². The van der Waals surface area contributed by atoms with Gasteiger partial charge in [-0.25, -0.2) is 13.1 Å². The Morgan fingerprint density at radius 1 is 1.40 bits per heavy atom. The second kappa shape index (κ2) is 5.71. The zero-order valence-corrected chi connectivity index (χ0v) is 12.2. The molecule has 0 bridgehead atoms. The number of rotatable bonds is 5. The SMILES string of the molecule is O=S(=O)(NCC[C@@H]1CCCN1)c1ccc2c(c1)CCO2. The van der Waals surface area contributed by atoms with Gasteiger partial charge in [0.05, 0.1) is 11.5 Å². The summed E-state index contributed by atoms with van der Waals surface area (Å²) in [6, 6.07) is 5.53. The second-order valence-corrected chi connectivity index (χ2v) is 7.11. The number of fused-ring (bicyclic) bond motifs is 1. The molecule has 0 spiro atoms. The highest BCUT2D eigenvalue weighted by molar-refractivity contribution is 7.89. The molecule has 1 atom stereocenters. The Kier molecular flexibility index (Phi) is 3.96. The molecule has 2 aliphatic heterocycles. The lowest BCUT2D eigenvalue weighted by Gasteiger charge is -2.11. The maximum Gasteiger partial charge on any atom is 0.240 e. The molecule has 6 heteroatoms. The minimum absolute atomic E-state index is 0.334. The van der Waals surface area contributed by atoms with Crippen LogP contribution < -0.4 is 14.8 Å². The second-order valence-electron chi connectivity index (χ2n) is 5.35. The Morgan fingerprint density at radius 2 is 2.30 bits per heavy atom. The molecule has 5 nitrogen and oxygen atoms in total. The summed E-state index contributed by atoms with van der Waals surface area (Å²) < 4.78 is 32.5. The number of hydrogen-bond donors (Lipinski definition) is 2. The van der Waals surface area contributed by atoms with E-state index in [-0.39, 0.29) is 0 Å². The van der Waals surface area contributed by atoms with E-state index >= 15 is 0 Å². The van der Waals surface area contributed by atoms with Crippen LogP contribution in [0.5, 0.6) is 5.75 Å². The smallest absolute Gasteiger partial charge is 0.240 e. The molecular formula is C14H20N2O3S. The topological polar surface area (TPSA) is 67.4 Å². The van der Waals surface area contributed by atoms with E-state index in [9.17, 15) is 8.42 Å². The van der Waals surface area contributed by atoms with Crippen molar-refractivity contribution in [3.05, 3.63) is 23.8 Å². The van der Waals surface area contributed by atoms with E-state index in [4.69, 9.17) is 4.74 Å². The fourth-order valence-electron chi connectivity index (χ4n) is 2.78. The zero-order valence-electron chi connectivity index (χ0n) is 11.4. The number of ether oxygens (including phenoxy) is 1. The summed E-state index contributed by atoms with van der Waals surface area (Å²) in [6.45, 7) is 2.16. The van der Waals surface area contributed by atoms with Crippen molar-refractivity contribution in [1.82, 2.24) is 10.0 Å². The molecule has 0 aliphatic carbocycles. The van der Waals surface area contributed by atoms with Gasteiger partial charge in [0.15, 0.2) is 0 Å².